The monoisotopic (exact) mass is 280 g/mol. The van der Waals surface area contributed by atoms with Gasteiger partial charge in [-0.05, 0) is 22.0 Å². The first-order valence-electron chi connectivity index (χ1n) is 5.08. The fraction of sp³-hybridized carbons (Fsp3) is 0.333. The SMILES string of the molecule is CC(C)(C)c1[nH]c(=O)nc2c(Br)cccc12. The van der Waals surface area contributed by atoms with Gasteiger partial charge in [0.1, 0.15) is 0 Å². The van der Waals surface area contributed by atoms with E-state index in [0.717, 1.165) is 21.1 Å². The highest BCUT2D eigenvalue weighted by Gasteiger charge is 2.19. The van der Waals surface area contributed by atoms with E-state index in [9.17, 15) is 4.79 Å². The third-order valence-electron chi connectivity index (χ3n) is 2.45. The van der Waals surface area contributed by atoms with Gasteiger partial charge in [-0.25, -0.2) is 4.79 Å². The molecule has 0 radical (unpaired) electrons. The molecule has 1 aromatic heterocycles. The normalized spacial score (nSPS) is 12.0. The van der Waals surface area contributed by atoms with Gasteiger partial charge in [0, 0.05) is 21.0 Å². The number of aromatic nitrogens is 2. The van der Waals surface area contributed by atoms with Crippen molar-refractivity contribution in [2.45, 2.75) is 26.2 Å². The summed E-state index contributed by atoms with van der Waals surface area (Å²) >= 11 is 3.42. The minimum Gasteiger partial charge on any atom is -0.309 e. The van der Waals surface area contributed by atoms with Crippen LogP contribution in [0.2, 0.25) is 0 Å². The van der Waals surface area contributed by atoms with E-state index in [0.29, 0.717) is 0 Å². The number of nitrogens with zero attached hydrogens (tertiary/aromatic N) is 1. The molecule has 4 heteroatoms. The summed E-state index contributed by atoms with van der Waals surface area (Å²) < 4.78 is 0.849. The number of fused-ring (bicyclic) bond motifs is 1. The molecule has 84 valence electrons. The summed E-state index contributed by atoms with van der Waals surface area (Å²) in [6.07, 6.45) is 0. The van der Waals surface area contributed by atoms with Crippen molar-refractivity contribution in [3.05, 3.63) is 38.9 Å². The van der Waals surface area contributed by atoms with Crippen LogP contribution in [0.3, 0.4) is 0 Å². The van der Waals surface area contributed by atoms with Gasteiger partial charge in [0.2, 0.25) is 0 Å². The molecule has 0 fully saturated rings. The first-order chi connectivity index (χ1) is 7.39. The second kappa shape index (κ2) is 3.70. The van der Waals surface area contributed by atoms with Crippen molar-refractivity contribution in [3.63, 3.8) is 0 Å². The third kappa shape index (κ3) is 1.89. The summed E-state index contributed by atoms with van der Waals surface area (Å²) in [5.74, 6) is 0. The van der Waals surface area contributed by atoms with Gasteiger partial charge in [-0.3, -0.25) is 0 Å². The van der Waals surface area contributed by atoms with Crippen molar-refractivity contribution in [2.75, 3.05) is 0 Å². The van der Waals surface area contributed by atoms with Crippen LogP contribution in [-0.4, -0.2) is 9.97 Å². The highest BCUT2D eigenvalue weighted by atomic mass is 79.9. The standard InChI is InChI=1S/C12H13BrN2O/c1-12(2,3)10-7-5-4-6-8(13)9(7)14-11(16)15-10/h4-6H,1-3H3,(H,14,15,16). The molecule has 0 bridgehead atoms. The number of hydrogen-bond acceptors (Lipinski definition) is 2. The molecule has 0 unspecified atom stereocenters. The third-order valence-corrected chi connectivity index (χ3v) is 3.09. The van der Waals surface area contributed by atoms with Gasteiger partial charge in [-0.1, -0.05) is 32.9 Å². The minimum atomic E-state index is -0.302. The summed E-state index contributed by atoms with van der Waals surface area (Å²) in [5, 5.41) is 0.987. The molecule has 1 heterocycles. The molecule has 3 nitrogen and oxygen atoms in total. The maximum Gasteiger partial charge on any atom is 0.345 e. The number of H-pyrrole nitrogens is 1. The second-order valence-corrected chi connectivity index (χ2v) is 5.66. The first-order valence-corrected chi connectivity index (χ1v) is 5.88. The van der Waals surface area contributed by atoms with Crippen molar-refractivity contribution in [1.82, 2.24) is 9.97 Å². The van der Waals surface area contributed by atoms with Gasteiger partial charge in [-0.15, -0.1) is 0 Å². The number of para-hydroxylation sites is 1. The lowest BCUT2D eigenvalue weighted by atomic mass is 9.89. The van der Waals surface area contributed by atoms with Crippen LogP contribution in [0.5, 0.6) is 0 Å². The number of nitrogens with one attached hydrogen (secondary N) is 1. The maximum absolute atomic E-state index is 11.5. The van der Waals surface area contributed by atoms with Crippen molar-refractivity contribution in [3.8, 4) is 0 Å². The summed E-state index contributed by atoms with van der Waals surface area (Å²) in [7, 11) is 0. The Kier molecular flexibility index (Phi) is 2.62. The lowest BCUT2D eigenvalue weighted by Gasteiger charge is -2.20. The van der Waals surface area contributed by atoms with Gasteiger partial charge in [0.25, 0.3) is 0 Å². The van der Waals surface area contributed by atoms with Crippen molar-refractivity contribution in [1.29, 1.82) is 0 Å². The molecule has 0 aliphatic heterocycles. The van der Waals surface area contributed by atoms with Gasteiger partial charge < -0.3 is 4.98 Å². The van der Waals surface area contributed by atoms with E-state index in [1.54, 1.807) is 0 Å². The van der Waals surface area contributed by atoms with Gasteiger partial charge >= 0.3 is 5.69 Å². The smallest absolute Gasteiger partial charge is 0.309 e. The van der Waals surface area contributed by atoms with E-state index in [4.69, 9.17) is 0 Å². The maximum atomic E-state index is 11.5. The predicted molar refractivity (Wildman–Crippen MR) is 68.8 cm³/mol. The highest BCUT2D eigenvalue weighted by molar-refractivity contribution is 9.10. The molecular formula is C12H13BrN2O. The van der Waals surface area contributed by atoms with Crippen LogP contribution < -0.4 is 5.69 Å². The summed E-state index contributed by atoms with van der Waals surface area (Å²) in [6.45, 7) is 6.20. The predicted octanol–water partition coefficient (Wildman–Crippen LogP) is 2.98. The molecule has 16 heavy (non-hydrogen) atoms. The second-order valence-electron chi connectivity index (χ2n) is 4.80. The van der Waals surface area contributed by atoms with Crippen LogP contribution in [0.1, 0.15) is 26.5 Å². The van der Waals surface area contributed by atoms with E-state index in [-0.39, 0.29) is 11.1 Å². The summed E-state index contributed by atoms with van der Waals surface area (Å²) in [5.41, 5.74) is 1.23. The Bertz CT molecular complexity index is 596. The molecule has 1 aromatic carbocycles. The molecule has 0 saturated carbocycles. The van der Waals surface area contributed by atoms with E-state index in [1.807, 2.05) is 18.2 Å². The zero-order valence-electron chi connectivity index (χ0n) is 9.47. The molecule has 0 amide bonds. The summed E-state index contributed by atoms with van der Waals surface area (Å²) in [4.78, 5) is 18.3. The average molecular weight is 281 g/mol. The number of rotatable bonds is 0. The largest absolute Gasteiger partial charge is 0.345 e. The Hall–Kier alpha value is -1.16. The van der Waals surface area contributed by atoms with Gasteiger partial charge in [0.15, 0.2) is 0 Å². The number of halogens is 1. The van der Waals surface area contributed by atoms with Crippen LogP contribution in [0.15, 0.2) is 27.5 Å². The minimum absolute atomic E-state index is 0.110. The zero-order chi connectivity index (χ0) is 11.9. The molecule has 0 aliphatic carbocycles. The van der Waals surface area contributed by atoms with Gasteiger partial charge in [-0.2, -0.15) is 4.98 Å². The van der Waals surface area contributed by atoms with E-state index in [1.165, 1.54) is 0 Å². The average Bonchev–Trinajstić information content (AvgIpc) is 2.17. The fourth-order valence-corrected chi connectivity index (χ4v) is 2.18. The van der Waals surface area contributed by atoms with Crippen molar-refractivity contribution < 1.29 is 0 Å². The highest BCUT2D eigenvalue weighted by Crippen LogP contribution is 2.29. The van der Waals surface area contributed by atoms with Crippen LogP contribution in [-0.2, 0) is 5.41 Å². The van der Waals surface area contributed by atoms with Crippen LogP contribution in [0.4, 0.5) is 0 Å². The quantitative estimate of drug-likeness (QED) is 0.806. The van der Waals surface area contributed by atoms with E-state index < -0.39 is 0 Å². The summed E-state index contributed by atoms with van der Waals surface area (Å²) in [6, 6.07) is 5.81. The Balaban J connectivity index is 2.95. The molecule has 0 saturated heterocycles. The zero-order valence-corrected chi connectivity index (χ0v) is 11.1. The lowest BCUT2D eigenvalue weighted by Crippen LogP contribution is -2.22. The topological polar surface area (TPSA) is 45.8 Å². The Morgan fingerprint density at radius 2 is 2.00 bits per heavy atom. The molecule has 0 aliphatic rings. The number of aromatic amines is 1. The Morgan fingerprint density at radius 3 is 2.62 bits per heavy atom. The molecule has 1 N–H and O–H groups in total. The van der Waals surface area contributed by atoms with E-state index >= 15 is 0 Å². The number of hydrogen-bond donors (Lipinski definition) is 1. The molecule has 2 aromatic rings. The Morgan fingerprint density at radius 1 is 1.31 bits per heavy atom. The van der Waals surface area contributed by atoms with Crippen molar-refractivity contribution >= 4 is 26.8 Å². The lowest BCUT2D eigenvalue weighted by molar-refractivity contribution is 0.571. The number of benzene rings is 1. The van der Waals surface area contributed by atoms with E-state index in [2.05, 4.69) is 46.7 Å². The van der Waals surface area contributed by atoms with Crippen LogP contribution in [0, 0.1) is 0 Å². The molecular weight excluding hydrogens is 268 g/mol. The van der Waals surface area contributed by atoms with Crippen molar-refractivity contribution in [2.24, 2.45) is 0 Å². The molecule has 0 spiro atoms. The Labute approximate surface area is 102 Å². The van der Waals surface area contributed by atoms with Crippen LogP contribution in [0.25, 0.3) is 10.9 Å². The molecule has 2 rings (SSSR count). The first kappa shape index (κ1) is 11.3. The molecule has 0 atom stereocenters. The van der Waals surface area contributed by atoms with Crippen LogP contribution >= 0.6 is 15.9 Å². The fourth-order valence-electron chi connectivity index (χ4n) is 1.73. The van der Waals surface area contributed by atoms with Gasteiger partial charge in [0.05, 0.1) is 5.52 Å².